The molecule has 3 heterocycles. The van der Waals surface area contributed by atoms with E-state index in [9.17, 15) is 18.0 Å². The van der Waals surface area contributed by atoms with Crippen LogP contribution in [-0.2, 0) is 22.1 Å². The number of thiophene rings is 1. The van der Waals surface area contributed by atoms with E-state index in [1.807, 2.05) is 21.7 Å². The van der Waals surface area contributed by atoms with Crippen LogP contribution in [-0.4, -0.2) is 37.2 Å². The number of anilines is 2. The van der Waals surface area contributed by atoms with Crippen molar-refractivity contribution in [2.45, 2.75) is 12.6 Å². The van der Waals surface area contributed by atoms with E-state index in [2.05, 4.69) is 10.3 Å². The summed E-state index contributed by atoms with van der Waals surface area (Å²) >= 11 is 2.99. The summed E-state index contributed by atoms with van der Waals surface area (Å²) in [6.07, 6.45) is -4.51. The molecule has 0 aliphatic carbocycles. The molecule has 4 rings (SSSR count). The lowest BCUT2D eigenvalue weighted by Gasteiger charge is -2.31. The second kappa shape index (κ2) is 8.75. The number of amides is 1. The molecule has 0 saturated carbocycles. The average Bonchev–Trinajstić information content (AvgIpc) is 3.39. The van der Waals surface area contributed by atoms with Crippen LogP contribution in [0.25, 0.3) is 10.6 Å². The van der Waals surface area contributed by atoms with Gasteiger partial charge in [0.15, 0.2) is 0 Å². The first-order chi connectivity index (χ1) is 14.4. The molecule has 2 aromatic heterocycles. The van der Waals surface area contributed by atoms with Crippen LogP contribution in [0.1, 0.15) is 11.3 Å². The van der Waals surface area contributed by atoms with Crippen molar-refractivity contribution in [1.82, 2.24) is 4.98 Å². The molecule has 10 heteroatoms. The van der Waals surface area contributed by atoms with Gasteiger partial charge in [-0.25, -0.2) is 4.98 Å². The molecular weight excluding hydrogens is 435 g/mol. The minimum Gasteiger partial charge on any atom is -0.378 e. The first-order valence-corrected chi connectivity index (χ1v) is 11.0. The van der Waals surface area contributed by atoms with E-state index in [0.29, 0.717) is 37.7 Å². The second-order valence-corrected chi connectivity index (χ2v) is 8.35. The SMILES string of the molecule is O=C(Cc1csc(-c2ccsc2)n1)Nc1cc(C(F)(F)F)ccc1N1CCOCC1. The highest BCUT2D eigenvalue weighted by atomic mass is 32.1. The lowest BCUT2D eigenvalue weighted by atomic mass is 10.1. The highest BCUT2D eigenvalue weighted by molar-refractivity contribution is 7.14. The number of carbonyl (C=O) groups is 1. The van der Waals surface area contributed by atoms with Gasteiger partial charge in [-0.15, -0.1) is 11.3 Å². The van der Waals surface area contributed by atoms with E-state index in [1.54, 1.807) is 16.7 Å². The second-order valence-electron chi connectivity index (χ2n) is 6.71. The largest absolute Gasteiger partial charge is 0.416 e. The summed E-state index contributed by atoms with van der Waals surface area (Å²) in [5.74, 6) is -0.411. The molecule has 1 fully saturated rings. The van der Waals surface area contributed by atoms with Gasteiger partial charge in [0.05, 0.1) is 42.3 Å². The fraction of sp³-hybridized carbons (Fsp3) is 0.300. The van der Waals surface area contributed by atoms with Crippen LogP contribution in [0.5, 0.6) is 0 Å². The molecule has 1 amide bonds. The fourth-order valence-electron chi connectivity index (χ4n) is 3.16. The van der Waals surface area contributed by atoms with Crippen LogP contribution in [0.3, 0.4) is 0 Å². The Labute approximate surface area is 179 Å². The number of rotatable bonds is 5. The summed E-state index contributed by atoms with van der Waals surface area (Å²) in [7, 11) is 0. The summed E-state index contributed by atoms with van der Waals surface area (Å²) in [5, 5.41) is 9.18. The van der Waals surface area contributed by atoms with E-state index < -0.39 is 17.6 Å². The first kappa shape index (κ1) is 20.8. The van der Waals surface area contributed by atoms with Crippen molar-refractivity contribution in [1.29, 1.82) is 0 Å². The lowest BCUT2D eigenvalue weighted by Crippen LogP contribution is -2.37. The van der Waals surface area contributed by atoms with Gasteiger partial charge in [-0.1, -0.05) is 0 Å². The summed E-state index contributed by atoms with van der Waals surface area (Å²) in [6, 6.07) is 5.38. The average molecular weight is 454 g/mol. The smallest absolute Gasteiger partial charge is 0.378 e. The highest BCUT2D eigenvalue weighted by Crippen LogP contribution is 2.36. The Morgan fingerprint density at radius 3 is 2.70 bits per heavy atom. The maximum absolute atomic E-state index is 13.2. The van der Waals surface area contributed by atoms with Crippen LogP contribution in [0, 0.1) is 0 Å². The van der Waals surface area contributed by atoms with Gasteiger partial charge in [0.1, 0.15) is 5.01 Å². The third-order valence-electron chi connectivity index (χ3n) is 4.61. The molecule has 30 heavy (non-hydrogen) atoms. The minimum atomic E-state index is -4.49. The zero-order chi connectivity index (χ0) is 21.1. The number of thiazole rings is 1. The molecular formula is C20H18F3N3O2S2. The van der Waals surface area contributed by atoms with Gasteiger partial charge in [0.25, 0.3) is 0 Å². The third kappa shape index (κ3) is 4.82. The van der Waals surface area contributed by atoms with Crippen molar-refractivity contribution in [2.24, 2.45) is 0 Å². The summed E-state index contributed by atoms with van der Waals surface area (Å²) in [5.41, 5.74) is 1.47. The fourth-order valence-corrected chi connectivity index (χ4v) is 4.69. The van der Waals surface area contributed by atoms with E-state index in [1.165, 1.54) is 17.4 Å². The van der Waals surface area contributed by atoms with Crippen molar-refractivity contribution < 1.29 is 22.7 Å². The number of halogens is 3. The van der Waals surface area contributed by atoms with Crippen molar-refractivity contribution in [3.05, 3.63) is 51.7 Å². The van der Waals surface area contributed by atoms with Crippen LogP contribution in [0.15, 0.2) is 40.4 Å². The van der Waals surface area contributed by atoms with Gasteiger partial charge < -0.3 is 15.0 Å². The Kier molecular flexibility index (Phi) is 6.07. The van der Waals surface area contributed by atoms with Crippen LogP contribution in [0.2, 0.25) is 0 Å². The van der Waals surface area contributed by atoms with Crippen LogP contribution >= 0.6 is 22.7 Å². The van der Waals surface area contributed by atoms with E-state index in [0.717, 1.165) is 22.7 Å². The van der Waals surface area contributed by atoms with E-state index in [4.69, 9.17) is 4.74 Å². The number of hydrogen-bond donors (Lipinski definition) is 1. The van der Waals surface area contributed by atoms with Gasteiger partial charge in [-0.2, -0.15) is 24.5 Å². The van der Waals surface area contributed by atoms with Gasteiger partial charge in [0.2, 0.25) is 5.91 Å². The Bertz CT molecular complexity index is 1010. The maximum atomic E-state index is 13.2. The number of hydrogen-bond acceptors (Lipinski definition) is 6. The molecule has 3 aromatic rings. The number of benzene rings is 1. The Hall–Kier alpha value is -2.43. The molecule has 0 unspecified atom stereocenters. The Morgan fingerprint density at radius 1 is 1.20 bits per heavy atom. The van der Waals surface area contributed by atoms with Crippen molar-refractivity contribution in [2.75, 3.05) is 36.5 Å². The number of alkyl halides is 3. The molecule has 1 aliphatic rings. The van der Waals surface area contributed by atoms with E-state index >= 15 is 0 Å². The van der Waals surface area contributed by atoms with Gasteiger partial charge in [-0.05, 0) is 29.6 Å². The molecule has 1 N–H and O–H groups in total. The summed E-state index contributed by atoms with van der Waals surface area (Å²) in [6.45, 7) is 2.06. The molecule has 158 valence electrons. The van der Waals surface area contributed by atoms with Crippen molar-refractivity contribution >= 4 is 40.0 Å². The van der Waals surface area contributed by atoms with Crippen LogP contribution in [0.4, 0.5) is 24.5 Å². The predicted molar refractivity (Wildman–Crippen MR) is 112 cm³/mol. The maximum Gasteiger partial charge on any atom is 0.416 e. The van der Waals surface area contributed by atoms with Gasteiger partial charge in [-0.3, -0.25) is 4.79 Å². The molecule has 0 bridgehead atoms. The molecule has 1 aromatic carbocycles. The topological polar surface area (TPSA) is 54.5 Å². The lowest BCUT2D eigenvalue weighted by molar-refractivity contribution is -0.137. The van der Waals surface area contributed by atoms with Gasteiger partial charge >= 0.3 is 6.18 Å². The minimum absolute atomic E-state index is 0.0145. The molecule has 1 aliphatic heterocycles. The number of morpholine rings is 1. The quantitative estimate of drug-likeness (QED) is 0.597. The third-order valence-corrected chi connectivity index (χ3v) is 6.23. The molecule has 0 radical (unpaired) electrons. The predicted octanol–water partition coefficient (Wildman–Crippen LogP) is 4.91. The Morgan fingerprint density at radius 2 is 2.00 bits per heavy atom. The molecule has 0 atom stereocenters. The summed E-state index contributed by atoms with van der Waals surface area (Å²) < 4.78 is 44.9. The zero-order valence-corrected chi connectivity index (χ0v) is 17.4. The van der Waals surface area contributed by atoms with E-state index in [-0.39, 0.29) is 12.1 Å². The van der Waals surface area contributed by atoms with Crippen molar-refractivity contribution in [3.8, 4) is 10.6 Å². The molecule has 0 spiro atoms. The van der Waals surface area contributed by atoms with Crippen molar-refractivity contribution in [3.63, 3.8) is 0 Å². The summed E-state index contributed by atoms with van der Waals surface area (Å²) in [4.78, 5) is 19.0. The number of nitrogens with zero attached hydrogens (tertiary/aromatic N) is 2. The monoisotopic (exact) mass is 453 g/mol. The Balaban J connectivity index is 1.53. The number of nitrogens with one attached hydrogen (secondary N) is 1. The molecule has 1 saturated heterocycles. The van der Waals surface area contributed by atoms with Gasteiger partial charge in [0, 0.05) is 29.4 Å². The normalized spacial score (nSPS) is 14.7. The number of aromatic nitrogens is 1. The number of ether oxygens (including phenoxy) is 1. The zero-order valence-electron chi connectivity index (χ0n) is 15.7. The standard InChI is InChI=1S/C20H18F3N3O2S2/c21-20(22,23)14-1-2-17(26-4-6-28-7-5-26)16(9-14)25-18(27)10-15-12-30-19(24-15)13-3-8-29-11-13/h1-3,8-9,11-12H,4-7,10H2,(H,25,27). The highest BCUT2D eigenvalue weighted by Gasteiger charge is 2.32. The van der Waals surface area contributed by atoms with Crippen LogP contribution < -0.4 is 10.2 Å². The number of carbonyl (C=O) groups excluding carboxylic acids is 1. The molecule has 5 nitrogen and oxygen atoms in total. The first-order valence-electron chi connectivity index (χ1n) is 9.21.